The van der Waals surface area contributed by atoms with Crippen molar-refractivity contribution in [3.8, 4) is 6.07 Å². The summed E-state index contributed by atoms with van der Waals surface area (Å²) in [6.07, 6.45) is 0.365. The van der Waals surface area contributed by atoms with E-state index in [4.69, 9.17) is 5.26 Å². The molecule has 0 N–H and O–H groups in total. The van der Waals surface area contributed by atoms with E-state index in [-0.39, 0.29) is 0 Å². The van der Waals surface area contributed by atoms with Gasteiger partial charge in [0.2, 0.25) is 0 Å². The van der Waals surface area contributed by atoms with Gasteiger partial charge in [0.15, 0.2) is 0 Å². The average Bonchev–Trinajstić information content (AvgIpc) is 2.43. The number of imidazole rings is 1. The summed E-state index contributed by atoms with van der Waals surface area (Å²) < 4.78 is 2.01. The molecule has 15 heavy (non-hydrogen) atoms. The van der Waals surface area contributed by atoms with E-state index in [0.717, 1.165) is 16.9 Å². The Morgan fingerprint density at radius 3 is 2.80 bits per heavy atom. The number of hydrogen-bond acceptors (Lipinski definition) is 2. The van der Waals surface area contributed by atoms with Crippen LogP contribution in [0.15, 0.2) is 12.1 Å². The summed E-state index contributed by atoms with van der Waals surface area (Å²) in [6, 6.07) is 6.33. The van der Waals surface area contributed by atoms with E-state index in [1.54, 1.807) is 0 Å². The van der Waals surface area contributed by atoms with Gasteiger partial charge < -0.3 is 4.57 Å². The van der Waals surface area contributed by atoms with Crippen molar-refractivity contribution in [2.24, 2.45) is 7.05 Å². The SMILES string of the molecule is Cc1cc(C)c2c(c1)nc(CC#N)n2C. The predicted octanol–water partition coefficient (Wildman–Crippen LogP) is 2.26. The van der Waals surface area contributed by atoms with Crippen LogP contribution in [-0.2, 0) is 13.5 Å². The maximum Gasteiger partial charge on any atom is 0.123 e. The molecular weight excluding hydrogens is 186 g/mol. The van der Waals surface area contributed by atoms with Crippen LogP contribution >= 0.6 is 0 Å². The maximum atomic E-state index is 8.69. The minimum absolute atomic E-state index is 0.365. The quantitative estimate of drug-likeness (QED) is 0.706. The lowest BCUT2D eigenvalue weighted by atomic mass is 10.1. The highest BCUT2D eigenvalue weighted by Crippen LogP contribution is 2.20. The van der Waals surface area contributed by atoms with Gasteiger partial charge in [-0.05, 0) is 31.0 Å². The van der Waals surface area contributed by atoms with Crippen LogP contribution in [0, 0.1) is 25.2 Å². The topological polar surface area (TPSA) is 41.6 Å². The molecule has 1 aromatic heterocycles. The van der Waals surface area contributed by atoms with Crippen molar-refractivity contribution in [3.63, 3.8) is 0 Å². The van der Waals surface area contributed by atoms with Crippen LogP contribution in [0.5, 0.6) is 0 Å². The van der Waals surface area contributed by atoms with Gasteiger partial charge in [-0.3, -0.25) is 0 Å². The fraction of sp³-hybridized carbons (Fsp3) is 0.333. The van der Waals surface area contributed by atoms with Gasteiger partial charge in [0.05, 0.1) is 23.5 Å². The molecule has 0 aliphatic heterocycles. The molecule has 3 nitrogen and oxygen atoms in total. The lowest BCUT2D eigenvalue weighted by Gasteiger charge is -2.02. The Kier molecular flexibility index (Phi) is 2.20. The molecule has 1 aromatic carbocycles. The lowest BCUT2D eigenvalue weighted by molar-refractivity contribution is 0.855. The molecule has 0 bridgehead atoms. The third-order valence-corrected chi connectivity index (χ3v) is 2.63. The molecule has 0 aliphatic rings. The molecule has 0 saturated heterocycles. The van der Waals surface area contributed by atoms with E-state index in [1.807, 2.05) is 11.6 Å². The molecule has 2 rings (SSSR count). The molecule has 3 heteroatoms. The van der Waals surface area contributed by atoms with Crippen LogP contribution in [0.1, 0.15) is 17.0 Å². The second-order valence-electron chi connectivity index (χ2n) is 3.87. The molecule has 2 aromatic rings. The highest BCUT2D eigenvalue weighted by atomic mass is 15.1. The number of nitriles is 1. The maximum absolute atomic E-state index is 8.69. The third-order valence-electron chi connectivity index (χ3n) is 2.63. The molecule has 0 aliphatic carbocycles. The Bertz CT molecular complexity index is 558. The summed E-state index contributed by atoms with van der Waals surface area (Å²) in [5.74, 6) is 0.834. The fourth-order valence-electron chi connectivity index (χ4n) is 2.03. The van der Waals surface area contributed by atoms with Crippen molar-refractivity contribution >= 4 is 11.0 Å². The number of aromatic nitrogens is 2. The predicted molar refractivity (Wildman–Crippen MR) is 59.5 cm³/mol. The molecule has 0 radical (unpaired) electrons. The molecule has 76 valence electrons. The first kappa shape index (κ1) is 9.72. The zero-order valence-corrected chi connectivity index (χ0v) is 9.20. The van der Waals surface area contributed by atoms with Gasteiger partial charge in [-0.15, -0.1) is 0 Å². The Morgan fingerprint density at radius 2 is 2.13 bits per heavy atom. The smallest absolute Gasteiger partial charge is 0.123 e. The molecule has 0 atom stereocenters. The number of aryl methyl sites for hydroxylation is 3. The van der Waals surface area contributed by atoms with Gasteiger partial charge >= 0.3 is 0 Å². The summed E-state index contributed by atoms with van der Waals surface area (Å²) in [4.78, 5) is 4.46. The Hall–Kier alpha value is -1.82. The first-order chi connectivity index (χ1) is 7.13. The largest absolute Gasteiger partial charge is 0.330 e. The van der Waals surface area contributed by atoms with Gasteiger partial charge in [-0.25, -0.2) is 4.98 Å². The standard InChI is InChI=1S/C12H13N3/c1-8-6-9(2)12-10(7-8)14-11(4-5-13)15(12)3/h6-7H,4H2,1-3H3. The number of rotatable bonds is 1. The molecule has 0 fully saturated rings. The van der Waals surface area contributed by atoms with Crippen LogP contribution in [0.2, 0.25) is 0 Å². The third kappa shape index (κ3) is 1.48. The molecular formula is C12H13N3. The fourth-order valence-corrected chi connectivity index (χ4v) is 2.03. The normalized spacial score (nSPS) is 10.5. The lowest BCUT2D eigenvalue weighted by Crippen LogP contribution is -1.96. The van der Waals surface area contributed by atoms with Gasteiger partial charge in [-0.1, -0.05) is 6.07 Å². The van der Waals surface area contributed by atoms with E-state index in [1.165, 1.54) is 11.1 Å². The van der Waals surface area contributed by atoms with Gasteiger partial charge in [0, 0.05) is 7.05 Å². The van der Waals surface area contributed by atoms with Crippen LogP contribution in [0.25, 0.3) is 11.0 Å². The molecule has 0 saturated carbocycles. The zero-order chi connectivity index (χ0) is 11.0. The molecule has 0 unspecified atom stereocenters. The number of fused-ring (bicyclic) bond motifs is 1. The molecule has 0 spiro atoms. The van der Waals surface area contributed by atoms with Crippen molar-refractivity contribution in [2.75, 3.05) is 0 Å². The van der Waals surface area contributed by atoms with Crippen LogP contribution in [0.4, 0.5) is 0 Å². The molecule has 1 heterocycles. The minimum Gasteiger partial charge on any atom is -0.330 e. The van der Waals surface area contributed by atoms with Crippen molar-refractivity contribution in [1.82, 2.24) is 9.55 Å². The van der Waals surface area contributed by atoms with Gasteiger partial charge in [-0.2, -0.15) is 5.26 Å². The number of benzene rings is 1. The summed E-state index contributed by atoms with van der Waals surface area (Å²) in [7, 11) is 1.96. The van der Waals surface area contributed by atoms with E-state index in [9.17, 15) is 0 Å². The highest BCUT2D eigenvalue weighted by molar-refractivity contribution is 5.80. The Morgan fingerprint density at radius 1 is 1.40 bits per heavy atom. The van der Waals surface area contributed by atoms with Crippen LogP contribution < -0.4 is 0 Å². The summed E-state index contributed by atoms with van der Waals surface area (Å²) in [5.41, 5.74) is 4.54. The van der Waals surface area contributed by atoms with E-state index in [0.29, 0.717) is 6.42 Å². The van der Waals surface area contributed by atoms with Crippen LogP contribution in [0.3, 0.4) is 0 Å². The van der Waals surface area contributed by atoms with Crippen LogP contribution in [-0.4, -0.2) is 9.55 Å². The van der Waals surface area contributed by atoms with Gasteiger partial charge in [0.25, 0.3) is 0 Å². The highest BCUT2D eigenvalue weighted by Gasteiger charge is 2.09. The summed E-state index contributed by atoms with van der Waals surface area (Å²) in [5, 5.41) is 8.69. The van der Waals surface area contributed by atoms with Crippen molar-refractivity contribution in [3.05, 3.63) is 29.1 Å². The first-order valence-electron chi connectivity index (χ1n) is 4.93. The minimum atomic E-state index is 0.365. The van der Waals surface area contributed by atoms with E-state index >= 15 is 0 Å². The second kappa shape index (κ2) is 3.39. The van der Waals surface area contributed by atoms with Crippen molar-refractivity contribution < 1.29 is 0 Å². The average molecular weight is 199 g/mol. The first-order valence-corrected chi connectivity index (χ1v) is 4.93. The second-order valence-corrected chi connectivity index (χ2v) is 3.87. The van der Waals surface area contributed by atoms with E-state index in [2.05, 4.69) is 37.0 Å². The Balaban J connectivity index is 2.77. The van der Waals surface area contributed by atoms with Gasteiger partial charge in [0.1, 0.15) is 5.82 Å². The number of nitrogens with zero attached hydrogens (tertiary/aromatic N) is 3. The monoisotopic (exact) mass is 199 g/mol. The molecule has 0 amide bonds. The van der Waals surface area contributed by atoms with Crippen molar-refractivity contribution in [1.29, 1.82) is 5.26 Å². The summed E-state index contributed by atoms with van der Waals surface area (Å²) in [6.45, 7) is 4.14. The number of hydrogen-bond donors (Lipinski definition) is 0. The zero-order valence-electron chi connectivity index (χ0n) is 9.20. The summed E-state index contributed by atoms with van der Waals surface area (Å²) >= 11 is 0. The van der Waals surface area contributed by atoms with Crippen molar-refractivity contribution in [2.45, 2.75) is 20.3 Å². The Labute approximate surface area is 89.0 Å². The van der Waals surface area contributed by atoms with E-state index < -0.39 is 0 Å².